The van der Waals surface area contributed by atoms with Gasteiger partial charge in [0.05, 0.1) is 6.54 Å². The zero-order valence-electron chi connectivity index (χ0n) is 13.8. The molecule has 0 amide bonds. The second-order valence-electron chi connectivity index (χ2n) is 6.94. The molecule has 0 aliphatic carbocycles. The van der Waals surface area contributed by atoms with Gasteiger partial charge in [-0.1, -0.05) is 18.1 Å². The molecule has 1 spiro atoms. The Labute approximate surface area is 139 Å². The van der Waals surface area contributed by atoms with Crippen LogP contribution in [0.3, 0.4) is 0 Å². The third-order valence-electron chi connectivity index (χ3n) is 4.71. The molecule has 128 valence electrons. The van der Waals surface area contributed by atoms with Crippen molar-refractivity contribution in [2.24, 2.45) is 5.92 Å². The summed E-state index contributed by atoms with van der Waals surface area (Å²) in [5.41, 5.74) is -0.485. The van der Waals surface area contributed by atoms with Crippen LogP contribution in [-0.4, -0.2) is 46.2 Å². The van der Waals surface area contributed by atoms with Gasteiger partial charge in [0.25, 0.3) is 5.88 Å². The number of hydrogen-bond donors (Lipinski definition) is 1. The molecule has 2 aliphatic heterocycles. The molecule has 2 aliphatic rings. The van der Waals surface area contributed by atoms with E-state index in [4.69, 9.17) is 4.74 Å². The number of sulfonamides is 1. The van der Waals surface area contributed by atoms with Gasteiger partial charge < -0.3 is 14.2 Å². The molecule has 1 unspecified atom stereocenters. The Morgan fingerprint density at radius 2 is 2.22 bits per heavy atom. The molecule has 6 nitrogen and oxygen atoms in total. The van der Waals surface area contributed by atoms with Gasteiger partial charge in [0.2, 0.25) is 4.90 Å². The van der Waals surface area contributed by atoms with E-state index in [1.165, 1.54) is 6.42 Å². The van der Waals surface area contributed by atoms with E-state index < -0.39 is 16.0 Å². The summed E-state index contributed by atoms with van der Waals surface area (Å²) < 4.78 is 33.4. The van der Waals surface area contributed by atoms with Crippen molar-refractivity contribution >= 4 is 10.4 Å². The van der Waals surface area contributed by atoms with Gasteiger partial charge >= 0.3 is 0 Å². The van der Waals surface area contributed by atoms with E-state index in [1.807, 2.05) is 0 Å². The minimum atomic E-state index is -3.54. The Morgan fingerprint density at radius 3 is 2.91 bits per heavy atom. The van der Waals surface area contributed by atoms with Crippen LogP contribution in [0.4, 0.5) is 0 Å². The highest BCUT2D eigenvalue weighted by Gasteiger charge is 2.44. The van der Waals surface area contributed by atoms with E-state index in [-0.39, 0.29) is 10.8 Å². The molecule has 1 atom stereocenters. The first-order valence-electron chi connectivity index (χ1n) is 8.26. The number of rotatable bonds is 3. The lowest BCUT2D eigenvalue weighted by Crippen LogP contribution is -2.53. The van der Waals surface area contributed by atoms with Crippen LogP contribution in [0.25, 0.3) is 0 Å². The molecule has 3 heterocycles. The van der Waals surface area contributed by atoms with Gasteiger partial charge in [0.15, 0.2) is 10.4 Å². The van der Waals surface area contributed by atoms with E-state index in [9.17, 15) is 8.76 Å². The van der Waals surface area contributed by atoms with Gasteiger partial charge in [-0.3, -0.25) is 0 Å². The first kappa shape index (κ1) is 16.8. The maximum atomic E-state index is 12.3. The summed E-state index contributed by atoms with van der Waals surface area (Å²) in [6, 6.07) is 3.16. The fourth-order valence-corrected chi connectivity index (χ4v) is 4.30. The van der Waals surface area contributed by atoms with Crippen LogP contribution in [-0.2, 0) is 14.6 Å². The van der Waals surface area contributed by atoms with E-state index in [0.717, 1.165) is 32.5 Å². The maximum absolute atomic E-state index is 12.3. The summed E-state index contributed by atoms with van der Waals surface area (Å²) in [6.07, 6.45) is 4.38. The van der Waals surface area contributed by atoms with E-state index >= 15 is 0 Å². The predicted octanol–water partition coefficient (Wildman–Crippen LogP) is 1.85. The number of likely N-dealkylation sites (tertiary alicyclic amines) is 1. The quantitative estimate of drug-likeness (QED) is 0.851. The van der Waals surface area contributed by atoms with Crippen LogP contribution in [0, 0.1) is 5.92 Å². The van der Waals surface area contributed by atoms with Crippen molar-refractivity contribution in [1.82, 2.24) is 14.6 Å². The average Bonchev–Trinajstić information content (AvgIpc) is 2.63. The predicted molar refractivity (Wildman–Crippen MR) is 87.8 cm³/mol. The molecule has 23 heavy (non-hydrogen) atoms. The van der Waals surface area contributed by atoms with Crippen LogP contribution < -0.4 is 9.46 Å². The zero-order valence-corrected chi connectivity index (χ0v) is 14.6. The van der Waals surface area contributed by atoms with Crippen molar-refractivity contribution in [3.63, 3.8) is 0 Å². The van der Waals surface area contributed by atoms with Gasteiger partial charge in [-0.2, -0.15) is 0 Å². The molecule has 1 aromatic rings. The normalized spacial score (nSPS) is 27.5. The average molecular weight is 339 g/mol. The van der Waals surface area contributed by atoms with Crippen LogP contribution in [0.1, 0.15) is 33.1 Å². The number of aromatic nitrogens is 1. The van der Waals surface area contributed by atoms with Gasteiger partial charge in [0, 0.05) is 38.2 Å². The highest BCUT2D eigenvalue weighted by atomic mass is 32.3. The van der Waals surface area contributed by atoms with E-state index in [2.05, 4.69) is 28.5 Å². The van der Waals surface area contributed by atoms with Crippen LogP contribution in [0.2, 0.25) is 0 Å². The van der Waals surface area contributed by atoms with Gasteiger partial charge in [0.1, 0.15) is 5.60 Å². The summed E-state index contributed by atoms with van der Waals surface area (Å²) in [4.78, 5) is 6.72. The first-order valence-corrected chi connectivity index (χ1v) is 9.75. The molecule has 0 saturated carbocycles. The van der Waals surface area contributed by atoms with Gasteiger partial charge in [-0.25, -0.2) is 4.98 Å². The molecular formula is C16H25N3O3S. The molecule has 1 fully saturated rings. The number of nitrogens with zero attached hydrogens (tertiary/aromatic N) is 2. The fourth-order valence-electron chi connectivity index (χ4n) is 3.11. The van der Waals surface area contributed by atoms with E-state index in [1.54, 1.807) is 18.3 Å². The highest BCUT2D eigenvalue weighted by molar-refractivity contribution is 7.95. The van der Waals surface area contributed by atoms with Crippen LogP contribution in [0.15, 0.2) is 23.2 Å². The molecule has 0 bridgehead atoms. The molecule has 7 heteroatoms. The third kappa shape index (κ3) is 3.74. The van der Waals surface area contributed by atoms with E-state index in [0.29, 0.717) is 12.5 Å². The monoisotopic (exact) mass is 339 g/mol. The van der Waals surface area contributed by atoms with Crippen molar-refractivity contribution in [1.29, 1.82) is 0 Å². The Balaban J connectivity index is 1.72. The molecular weight excluding hydrogens is 314 g/mol. The number of piperidine rings is 1. The summed E-state index contributed by atoms with van der Waals surface area (Å²) >= 11 is 0. The number of hydrogen-bond acceptors (Lipinski definition) is 5. The minimum Gasteiger partial charge on any atom is -0.593 e. The molecule has 1 aromatic heterocycles. The maximum Gasteiger partial charge on any atom is 0.272 e. The third-order valence-corrected chi connectivity index (χ3v) is 6.13. The van der Waals surface area contributed by atoms with Crippen LogP contribution >= 0.6 is 0 Å². The number of pyridine rings is 1. The topological polar surface area (TPSA) is 77.5 Å². The minimum absolute atomic E-state index is 0.138. The Kier molecular flexibility index (Phi) is 4.73. The molecule has 3 rings (SSSR count). The second kappa shape index (κ2) is 6.47. The fraction of sp³-hybridized carbons (Fsp3) is 0.688. The molecule has 0 aromatic carbocycles. The Bertz CT molecular complexity index is 600. The summed E-state index contributed by atoms with van der Waals surface area (Å²) in [7, 11) is -3.54. The largest absolute Gasteiger partial charge is 0.593 e. The van der Waals surface area contributed by atoms with Crippen molar-refractivity contribution in [3.05, 3.63) is 18.3 Å². The lowest BCUT2D eigenvalue weighted by Gasteiger charge is -2.40. The number of ether oxygens (including phenoxy) is 1. The molecule has 1 saturated heterocycles. The first-order chi connectivity index (χ1) is 10.9. The highest BCUT2D eigenvalue weighted by Crippen LogP contribution is 2.35. The Morgan fingerprint density at radius 1 is 1.48 bits per heavy atom. The van der Waals surface area contributed by atoms with Gasteiger partial charge in [-0.05, 0) is 24.9 Å². The second-order valence-corrected chi connectivity index (χ2v) is 8.68. The number of fused-ring (bicyclic) bond motifs is 1. The summed E-state index contributed by atoms with van der Waals surface area (Å²) in [5, 5.41) is 0. The van der Waals surface area contributed by atoms with Gasteiger partial charge in [-0.15, -0.1) is 4.72 Å². The lowest BCUT2D eigenvalue weighted by molar-refractivity contribution is 0.00147. The van der Waals surface area contributed by atoms with Crippen molar-refractivity contribution in [2.75, 3.05) is 26.2 Å². The Hall–Kier alpha value is -1.02. The van der Waals surface area contributed by atoms with Crippen molar-refractivity contribution in [3.8, 4) is 5.88 Å². The van der Waals surface area contributed by atoms with Crippen molar-refractivity contribution in [2.45, 2.75) is 43.6 Å². The smallest absolute Gasteiger partial charge is 0.272 e. The summed E-state index contributed by atoms with van der Waals surface area (Å²) in [5.74, 6) is 0.927. The molecule has 0 radical (unpaired) electrons. The van der Waals surface area contributed by atoms with Crippen LogP contribution in [0.5, 0.6) is 5.88 Å². The van der Waals surface area contributed by atoms with Crippen molar-refractivity contribution < 1.29 is 13.5 Å². The lowest BCUT2D eigenvalue weighted by atomic mass is 9.91. The molecule has 1 N–H and O–H groups in total. The summed E-state index contributed by atoms with van der Waals surface area (Å²) in [6.45, 7) is 7.72. The number of nitrogens with one attached hydrogen (secondary N) is 1. The zero-order chi connectivity index (χ0) is 16.5. The standard InChI is InChI=1S/C16H25N3O3S/c1-13(2)5-9-19-10-6-16(7-11-19)12-18-23(20,21)14-4-3-8-17-15(14)22-16/h3-4,8,13H,5-7,9-12H2,1-2H3,(H-,18,20,21). The SMILES string of the molecule is CC(C)CCN1CCC2(CC1)CN[S+](=O)([O-])c1cccnc1O2.